The van der Waals surface area contributed by atoms with Crippen LogP contribution in [0.25, 0.3) is 10.9 Å². The molecule has 1 fully saturated rings. The van der Waals surface area contributed by atoms with E-state index in [4.69, 9.17) is 0 Å². The highest BCUT2D eigenvalue weighted by Crippen LogP contribution is 2.27. The van der Waals surface area contributed by atoms with E-state index in [9.17, 15) is 18.7 Å². The first kappa shape index (κ1) is 19.5. The second-order valence-electron chi connectivity index (χ2n) is 7.52. The molecule has 1 aromatic carbocycles. The number of alkyl halides is 2. The van der Waals surface area contributed by atoms with Gasteiger partial charge in [-0.15, -0.1) is 0 Å². The van der Waals surface area contributed by atoms with Crippen LogP contribution in [0.1, 0.15) is 32.4 Å². The van der Waals surface area contributed by atoms with E-state index in [1.54, 1.807) is 0 Å². The highest BCUT2D eigenvalue weighted by atomic mass is 19.3. The first-order valence-corrected chi connectivity index (χ1v) is 9.31. The van der Waals surface area contributed by atoms with Crippen LogP contribution in [-0.4, -0.2) is 50.9 Å². The van der Waals surface area contributed by atoms with E-state index in [0.717, 1.165) is 28.8 Å². The van der Waals surface area contributed by atoms with Crippen molar-refractivity contribution in [2.75, 3.05) is 13.1 Å². The number of hydrogen-bond donors (Lipinski definition) is 2. The minimum absolute atomic E-state index is 0.103. The summed E-state index contributed by atoms with van der Waals surface area (Å²) in [5, 5.41) is 17.6. The number of likely N-dealkylation sites (tertiary alicyclic amines) is 1. The molecule has 0 bridgehead atoms. The van der Waals surface area contributed by atoms with Gasteiger partial charge in [0.25, 0.3) is 5.92 Å². The monoisotopic (exact) mass is 380 g/mol. The van der Waals surface area contributed by atoms with E-state index in [1.165, 1.54) is 0 Å². The zero-order valence-electron chi connectivity index (χ0n) is 15.7. The molecule has 1 aliphatic heterocycles. The van der Waals surface area contributed by atoms with Crippen molar-refractivity contribution in [2.45, 2.75) is 51.8 Å². The SMILES string of the molecule is CC(C)CCn1nc(CNC(=O)N2CCC(O)C(F)(F)C2)c2ccccc21. The molecule has 1 saturated heterocycles. The van der Waals surface area contributed by atoms with Crippen LogP contribution in [0.4, 0.5) is 13.6 Å². The van der Waals surface area contributed by atoms with Gasteiger partial charge in [-0.05, 0) is 24.8 Å². The molecule has 8 heteroatoms. The molecule has 1 atom stereocenters. The average Bonchev–Trinajstić information content (AvgIpc) is 2.98. The Morgan fingerprint density at radius 2 is 2.15 bits per heavy atom. The number of para-hydroxylation sites is 1. The quantitative estimate of drug-likeness (QED) is 0.838. The Hall–Kier alpha value is -2.22. The molecule has 0 saturated carbocycles. The predicted molar refractivity (Wildman–Crippen MR) is 98.6 cm³/mol. The third-order valence-electron chi connectivity index (χ3n) is 4.91. The van der Waals surface area contributed by atoms with Gasteiger partial charge in [0.05, 0.1) is 24.3 Å². The fraction of sp³-hybridized carbons (Fsp3) is 0.579. The molecule has 2 amide bonds. The molecule has 0 spiro atoms. The van der Waals surface area contributed by atoms with E-state index in [0.29, 0.717) is 11.6 Å². The number of rotatable bonds is 5. The van der Waals surface area contributed by atoms with Crippen molar-refractivity contribution in [3.8, 4) is 0 Å². The third-order valence-corrected chi connectivity index (χ3v) is 4.91. The summed E-state index contributed by atoms with van der Waals surface area (Å²) < 4.78 is 29.2. The molecule has 2 aromatic rings. The number of nitrogens with zero attached hydrogens (tertiary/aromatic N) is 3. The molecule has 148 valence electrons. The molecule has 0 radical (unpaired) electrons. The van der Waals surface area contributed by atoms with Crippen molar-refractivity contribution < 1.29 is 18.7 Å². The Bertz CT molecular complexity index is 806. The summed E-state index contributed by atoms with van der Waals surface area (Å²) in [5.74, 6) is -2.73. The lowest BCUT2D eigenvalue weighted by Gasteiger charge is -2.35. The molecule has 1 aromatic heterocycles. The summed E-state index contributed by atoms with van der Waals surface area (Å²) in [6.45, 7) is 4.58. The van der Waals surface area contributed by atoms with Crippen LogP contribution in [0, 0.1) is 5.92 Å². The zero-order chi connectivity index (χ0) is 19.6. The first-order valence-electron chi connectivity index (χ1n) is 9.31. The minimum Gasteiger partial charge on any atom is -0.387 e. The van der Waals surface area contributed by atoms with Gasteiger partial charge in [-0.25, -0.2) is 13.6 Å². The minimum atomic E-state index is -3.28. The number of piperidine rings is 1. The van der Waals surface area contributed by atoms with Crippen molar-refractivity contribution >= 4 is 16.9 Å². The van der Waals surface area contributed by atoms with Crippen molar-refractivity contribution in [1.82, 2.24) is 20.0 Å². The van der Waals surface area contributed by atoms with Gasteiger partial charge in [0, 0.05) is 18.5 Å². The molecule has 1 aliphatic rings. The highest BCUT2D eigenvalue weighted by molar-refractivity contribution is 5.82. The number of halogens is 2. The van der Waals surface area contributed by atoms with Crippen LogP contribution in [0.3, 0.4) is 0 Å². The van der Waals surface area contributed by atoms with Crippen LogP contribution in [0.2, 0.25) is 0 Å². The molecule has 3 rings (SSSR count). The van der Waals surface area contributed by atoms with Gasteiger partial charge in [-0.3, -0.25) is 4.68 Å². The van der Waals surface area contributed by atoms with Gasteiger partial charge in [-0.1, -0.05) is 32.0 Å². The largest absolute Gasteiger partial charge is 0.387 e. The number of urea groups is 1. The number of carbonyl (C=O) groups excluding carboxylic acids is 1. The summed E-state index contributed by atoms with van der Waals surface area (Å²) >= 11 is 0. The first-order chi connectivity index (χ1) is 12.8. The highest BCUT2D eigenvalue weighted by Gasteiger charge is 2.44. The maximum atomic E-state index is 13.6. The lowest BCUT2D eigenvalue weighted by molar-refractivity contribution is -0.141. The lowest BCUT2D eigenvalue weighted by atomic mass is 10.0. The Morgan fingerprint density at radius 3 is 2.85 bits per heavy atom. The van der Waals surface area contributed by atoms with Crippen LogP contribution in [0.5, 0.6) is 0 Å². The number of aromatic nitrogens is 2. The fourth-order valence-electron chi connectivity index (χ4n) is 3.25. The molecule has 27 heavy (non-hydrogen) atoms. The molecule has 2 heterocycles. The van der Waals surface area contributed by atoms with Crippen LogP contribution >= 0.6 is 0 Å². The zero-order valence-corrected chi connectivity index (χ0v) is 15.7. The molecule has 2 N–H and O–H groups in total. The summed E-state index contributed by atoms with van der Waals surface area (Å²) in [6.07, 6.45) is -0.835. The summed E-state index contributed by atoms with van der Waals surface area (Å²) in [6, 6.07) is 7.22. The molecule has 0 aliphatic carbocycles. The van der Waals surface area contributed by atoms with E-state index in [-0.39, 0.29) is 19.5 Å². The Morgan fingerprint density at radius 1 is 1.41 bits per heavy atom. The molecular formula is C19H26F2N4O2. The topological polar surface area (TPSA) is 70.4 Å². The van der Waals surface area contributed by atoms with E-state index < -0.39 is 24.6 Å². The number of benzene rings is 1. The van der Waals surface area contributed by atoms with Crippen molar-refractivity contribution in [2.24, 2.45) is 5.92 Å². The standard InChI is InChI=1S/C19H26F2N4O2/c1-13(2)7-10-25-16-6-4-3-5-14(16)15(23-25)11-22-18(27)24-9-8-17(26)19(20,21)12-24/h3-6,13,17,26H,7-12H2,1-2H3,(H,22,27). The van der Waals surface area contributed by atoms with E-state index in [2.05, 4.69) is 24.3 Å². The summed E-state index contributed by atoms with van der Waals surface area (Å²) in [7, 11) is 0. The van der Waals surface area contributed by atoms with Crippen LogP contribution < -0.4 is 5.32 Å². The predicted octanol–water partition coefficient (Wildman–Crippen LogP) is 2.99. The van der Waals surface area contributed by atoms with Gasteiger partial charge in [0.2, 0.25) is 0 Å². The Kier molecular flexibility index (Phi) is 5.64. The number of carbonyl (C=O) groups is 1. The second kappa shape index (κ2) is 7.80. The molecular weight excluding hydrogens is 354 g/mol. The lowest BCUT2D eigenvalue weighted by Crippen LogP contribution is -2.55. The Balaban J connectivity index is 1.69. The number of fused-ring (bicyclic) bond motifs is 1. The Labute approximate surface area is 157 Å². The van der Waals surface area contributed by atoms with E-state index in [1.807, 2.05) is 28.9 Å². The normalized spacial score (nSPS) is 19.6. The maximum Gasteiger partial charge on any atom is 0.317 e. The number of hydrogen-bond acceptors (Lipinski definition) is 3. The molecule has 6 nitrogen and oxygen atoms in total. The number of aliphatic hydroxyl groups is 1. The number of aryl methyl sites for hydroxylation is 1. The third kappa shape index (κ3) is 4.37. The fourth-order valence-corrected chi connectivity index (χ4v) is 3.25. The maximum absolute atomic E-state index is 13.6. The summed E-state index contributed by atoms with van der Waals surface area (Å²) in [4.78, 5) is 13.3. The number of nitrogens with one attached hydrogen (secondary N) is 1. The van der Waals surface area contributed by atoms with Gasteiger partial charge in [-0.2, -0.15) is 5.10 Å². The number of amides is 2. The van der Waals surface area contributed by atoms with Crippen LogP contribution in [-0.2, 0) is 13.1 Å². The van der Waals surface area contributed by atoms with Gasteiger partial charge >= 0.3 is 6.03 Å². The van der Waals surface area contributed by atoms with Gasteiger partial charge in [0.1, 0.15) is 6.10 Å². The van der Waals surface area contributed by atoms with Crippen molar-refractivity contribution in [3.05, 3.63) is 30.0 Å². The van der Waals surface area contributed by atoms with Gasteiger partial charge in [0.15, 0.2) is 0 Å². The summed E-state index contributed by atoms with van der Waals surface area (Å²) in [5.41, 5.74) is 1.71. The smallest absolute Gasteiger partial charge is 0.317 e. The van der Waals surface area contributed by atoms with Crippen molar-refractivity contribution in [1.29, 1.82) is 0 Å². The van der Waals surface area contributed by atoms with Crippen LogP contribution in [0.15, 0.2) is 24.3 Å². The van der Waals surface area contributed by atoms with Crippen molar-refractivity contribution in [3.63, 3.8) is 0 Å². The van der Waals surface area contributed by atoms with E-state index >= 15 is 0 Å². The van der Waals surface area contributed by atoms with Gasteiger partial charge < -0.3 is 15.3 Å². The molecule has 1 unspecified atom stereocenters. The average molecular weight is 380 g/mol. The number of aliphatic hydroxyl groups excluding tert-OH is 1. The second-order valence-corrected chi connectivity index (χ2v) is 7.52.